The van der Waals surface area contributed by atoms with Crippen molar-refractivity contribution in [3.8, 4) is 0 Å². The van der Waals surface area contributed by atoms with Crippen LogP contribution >= 0.6 is 0 Å². The maximum Gasteiger partial charge on any atom is 0.180 e. The molecule has 1 aliphatic rings. The molecule has 102 valence electrons. The maximum atomic E-state index is 5.75. The summed E-state index contributed by atoms with van der Waals surface area (Å²) in [7, 11) is 0. The zero-order valence-corrected chi connectivity index (χ0v) is 10.9. The lowest BCUT2D eigenvalue weighted by molar-refractivity contribution is 0.124. The highest BCUT2D eigenvalue weighted by Gasteiger charge is 2.20. The van der Waals surface area contributed by atoms with Crippen molar-refractivity contribution in [2.24, 2.45) is 5.92 Å². The van der Waals surface area contributed by atoms with E-state index in [-0.39, 0.29) is 0 Å². The molecule has 19 heavy (non-hydrogen) atoms. The zero-order chi connectivity index (χ0) is 13.1. The highest BCUT2D eigenvalue weighted by Crippen LogP contribution is 2.28. The van der Waals surface area contributed by atoms with Crippen molar-refractivity contribution in [1.29, 1.82) is 0 Å². The van der Waals surface area contributed by atoms with E-state index < -0.39 is 0 Å². The van der Waals surface area contributed by atoms with Crippen LogP contribution in [0.5, 0.6) is 0 Å². The summed E-state index contributed by atoms with van der Waals surface area (Å²) in [5.74, 6) is 2.04. The van der Waals surface area contributed by atoms with E-state index in [0.29, 0.717) is 5.82 Å². The van der Waals surface area contributed by atoms with Crippen molar-refractivity contribution < 1.29 is 4.74 Å². The number of hydrogen-bond donors (Lipinski definition) is 2. The number of anilines is 2. The fourth-order valence-electron chi connectivity index (χ4n) is 1.99. The van der Waals surface area contributed by atoms with Gasteiger partial charge in [-0.05, 0) is 25.2 Å². The van der Waals surface area contributed by atoms with Gasteiger partial charge in [0.15, 0.2) is 11.5 Å². The minimum absolute atomic E-state index is 0.484. The molecule has 2 aromatic heterocycles. The first-order chi connectivity index (χ1) is 9.33. The first-order valence-electron chi connectivity index (χ1n) is 6.74. The van der Waals surface area contributed by atoms with E-state index in [0.717, 1.165) is 43.6 Å². The molecule has 2 aromatic rings. The van der Waals surface area contributed by atoms with E-state index in [1.54, 1.807) is 12.4 Å². The van der Waals surface area contributed by atoms with Gasteiger partial charge in [-0.3, -0.25) is 0 Å². The molecule has 0 amide bonds. The summed E-state index contributed by atoms with van der Waals surface area (Å²) in [5.41, 5.74) is 6.55. The van der Waals surface area contributed by atoms with Crippen molar-refractivity contribution in [1.82, 2.24) is 14.4 Å². The predicted molar refractivity (Wildman–Crippen MR) is 74.0 cm³/mol. The summed E-state index contributed by atoms with van der Waals surface area (Å²) in [6, 6.07) is 0. The second-order valence-corrected chi connectivity index (χ2v) is 4.97. The van der Waals surface area contributed by atoms with Crippen molar-refractivity contribution in [3.63, 3.8) is 0 Å². The molecule has 0 bridgehead atoms. The van der Waals surface area contributed by atoms with Gasteiger partial charge in [0.05, 0.1) is 6.20 Å². The van der Waals surface area contributed by atoms with Crippen LogP contribution in [0.15, 0.2) is 18.6 Å². The number of nitrogens with zero attached hydrogens (tertiary/aromatic N) is 3. The highest BCUT2D eigenvalue weighted by atomic mass is 16.5. The molecule has 1 saturated carbocycles. The topological polar surface area (TPSA) is 77.5 Å². The van der Waals surface area contributed by atoms with Gasteiger partial charge in [-0.25, -0.2) is 9.97 Å². The average molecular weight is 261 g/mol. The lowest BCUT2D eigenvalue weighted by Gasteiger charge is -2.08. The Balaban J connectivity index is 1.48. The van der Waals surface area contributed by atoms with Crippen molar-refractivity contribution in [2.75, 3.05) is 30.8 Å². The fraction of sp³-hybridized carbons (Fsp3) is 0.538. The van der Waals surface area contributed by atoms with Gasteiger partial charge >= 0.3 is 0 Å². The quantitative estimate of drug-likeness (QED) is 0.739. The second-order valence-electron chi connectivity index (χ2n) is 4.97. The van der Waals surface area contributed by atoms with Gasteiger partial charge in [0.25, 0.3) is 0 Å². The van der Waals surface area contributed by atoms with Gasteiger partial charge in [0.1, 0.15) is 5.82 Å². The molecule has 1 aliphatic carbocycles. The number of ether oxygens (including phenoxy) is 1. The van der Waals surface area contributed by atoms with Crippen LogP contribution in [0.4, 0.5) is 11.6 Å². The zero-order valence-electron chi connectivity index (χ0n) is 10.9. The van der Waals surface area contributed by atoms with E-state index in [2.05, 4.69) is 15.3 Å². The monoisotopic (exact) mass is 261 g/mol. The van der Waals surface area contributed by atoms with E-state index in [9.17, 15) is 0 Å². The van der Waals surface area contributed by atoms with Gasteiger partial charge < -0.3 is 20.2 Å². The number of aromatic nitrogens is 3. The minimum Gasteiger partial charge on any atom is -0.382 e. The van der Waals surface area contributed by atoms with E-state index in [4.69, 9.17) is 10.5 Å². The Morgan fingerprint density at radius 3 is 3.21 bits per heavy atom. The van der Waals surface area contributed by atoms with Crippen LogP contribution in [0.25, 0.3) is 5.65 Å². The molecular formula is C13H19N5O. The highest BCUT2D eigenvalue weighted by molar-refractivity contribution is 5.64. The molecule has 0 spiro atoms. The summed E-state index contributed by atoms with van der Waals surface area (Å²) in [6.07, 6.45) is 8.98. The number of rotatable bonds is 7. The van der Waals surface area contributed by atoms with Crippen LogP contribution in [-0.2, 0) is 4.74 Å². The molecule has 2 heterocycles. The molecular weight excluding hydrogens is 242 g/mol. The van der Waals surface area contributed by atoms with Crippen LogP contribution in [0.3, 0.4) is 0 Å². The Morgan fingerprint density at radius 2 is 2.37 bits per heavy atom. The van der Waals surface area contributed by atoms with Gasteiger partial charge in [-0.15, -0.1) is 0 Å². The summed E-state index contributed by atoms with van der Waals surface area (Å²) in [6.45, 7) is 2.52. The average Bonchev–Trinajstić information content (AvgIpc) is 3.09. The Hall–Kier alpha value is -1.82. The van der Waals surface area contributed by atoms with Crippen molar-refractivity contribution in [2.45, 2.75) is 19.3 Å². The fourth-order valence-corrected chi connectivity index (χ4v) is 1.99. The first-order valence-corrected chi connectivity index (χ1v) is 6.74. The van der Waals surface area contributed by atoms with Gasteiger partial charge in [-0.2, -0.15) is 0 Å². The molecule has 0 aliphatic heterocycles. The predicted octanol–water partition coefficient (Wildman–Crippen LogP) is 1.54. The molecule has 3 N–H and O–H groups in total. The van der Waals surface area contributed by atoms with Crippen molar-refractivity contribution >= 4 is 17.3 Å². The summed E-state index contributed by atoms with van der Waals surface area (Å²) in [5, 5.41) is 3.26. The van der Waals surface area contributed by atoms with Crippen LogP contribution in [0, 0.1) is 5.92 Å². The second kappa shape index (κ2) is 5.44. The molecule has 6 heteroatoms. The normalized spacial score (nSPS) is 14.9. The Kier molecular flexibility index (Phi) is 3.50. The molecule has 0 unspecified atom stereocenters. The number of nitrogens with one attached hydrogen (secondary N) is 1. The number of fused-ring (bicyclic) bond motifs is 1. The summed E-state index contributed by atoms with van der Waals surface area (Å²) >= 11 is 0. The smallest absolute Gasteiger partial charge is 0.180 e. The molecule has 6 nitrogen and oxygen atoms in total. The van der Waals surface area contributed by atoms with E-state index in [1.165, 1.54) is 12.8 Å². The third-order valence-electron chi connectivity index (χ3n) is 3.20. The molecule has 0 saturated heterocycles. The van der Waals surface area contributed by atoms with Crippen LogP contribution in [-0.4, -0.2) is 34.1 Å². The molecule has 3 rings (SSSR count). The third kappa shape index (κ3) is 3.14. The number of nitrogen functional groups attached to an aromatic ring is 1. The van der Waals surface area contributed by atoms with Crippen LogP contribution < -0.4 is 11.1 Å². The van der Waals surface area contributed by atoms with Crippen molar-refractivity contribution in [3.05, 3.63) is 18.6 Å². The third-order valence-corrected chi connectivity index (χ3v) is 3.20. The molecule has 0 atom stereocenters. The van der Waals surface area contributed by atoms with Crippen LogP contribution in [0.1, 0.15) is 19.3 Å². The lowest BCUT2D eigenvalue weighted by Crippen LogP contribution is -2.10. The lowest BCUT2D eigenvalue weighted by atomic mass is 10.4. The summed E-state index contributed by atoms with van der Waals surface area (Å²) in [4.78, 5) is 8.53. The standard InChI is InChI=1S/C13H19N5O/c14-11-8-18-6-5-16-13(18)12(17-11)15-4-1-7-19-9-10-2-3-10/h5-6,8,10H,1-4,7,9,14H2,(H,15,17). The Morgan fingerprint density at radius 1 is 1.47 bits per heavy atom. The minimum atomic E-state index is 0.484. The van der Waals surface area contributed by atoms with E-state index in [1.807, 2.05) is 10.6 Å². The summed E-state index contributed by atoms with van der Waals surface area (Å²) < 4.78 is 7.46. The van der Waals surface area contributed by atoms with E-state index >= 15 is 0 Å². The van der Waals surface area contributed by atoms with Gasteiger partial charge in [0, 0.05) is 32.2 Å². The van der Waals surface area contributed by atoms with Gasteiger partial charge in [-0.1, -0.05) is 0 Å². The van der Waals surface area contributed by atoms with Crippen LogP contribution in [0.2, 0.25) is 0 Å². The SMILES string of the molecule is Nc1cn2ccnc2c(NCCCOCC2CC2)n1. The Labute approximate surface area is 112 Å². The first kappa shape index (κ1) is 12.2. The molecule has 0 radical (unpaired) electrons. The maximum absolute atomic E-state index is 5.75. The number of hydrogen-bond acceptors (Lipinski definition) is 5. The number of imidazole rings is 1. The Bertz CT molecular complexity index is 549. The molecule has 1 fully saturated rings. The molecule has 0 aromatic carbocycles. The van der Waals surface area contributed by atoms with Gasteiger partial charge in [0.2, 0.25) is 0 Å². The largest absolute Gasteiger partial charge is 0.382 e. The number of nitrogens with two attached hydrogens (primary N) is 1.